The summed E-state index contributed by atoms with van der Waals surface area (Å²) in [6, 6.07) is 3.31. The molecular weight excluding hydrogens is 244 g/mol. The number of aromatic nitrogens is 1. The summed E-state index contributed by atoms with van der Waals surface area (Å²) in [6.07, 6.45) is 3.77. The fourth-order valence-electron chi connectivity index (χ4n) is 1.54. The lowest BCUT2D eigenvalue weighted by molar-refractivity contribution is 0.0696. The van der Waals surface area contributed by atoms with Gasteiger partial charge in [-0.3, -0.25) is 4.98 Å². The van der Waals surface area contributed by atoms with E-state index in [2.05, 4.69) is 10.3 Å². The zero-order valence-corrected chi connectivity index (χ0v) is 11.6. The maximum absolute atomic E-state index is 10.7. The Bertz CT molecular complexity index is 377. The van der Waals surface area contributed by atoms with Crippen LogP contribution in [0.15, 0.2) is 18.3 Å². The molecule has 1 aromatic rings. The Hall–Kier alpha value is -1.46. The summed E-state index contributed by atoms with van der Waals surface area (Å²) < 4.78 is 5.45. The van der Waals surface area contributed by atoms with Gasteiger partial charge in [0.2, 0.25) is 0 Å². The number of ether oxygens (including phenoxy) is 1. The maximum Gasteiger partial charge on any atom is 0.337 e. The minimum atomic E-state index is -0.947. The normalized spacial score (nSPS) is 10.9. The quantitative estimate of drug-likeness (QED) is 0.669. The molecule has 1 rings (SSSR count). The van der Waals surface area contributed by atoms with Crippen LogP contribution < -0.4 is 5.32 Å². The molecule has 1 heterocycles. The highest BCUT2D eigenvalue weighted by molar-refractivity contribution is 5.87. The summed E-state index contributed by atoms with van der Waals surface area (Å²) in [5.41, 5.74) is 1.07. The summed E-state index contributed by atoms with van der Waals surface area (Å²) in [5, 5.41) is 12.0. The zero-order valence-electron chi connectivity index (χ0n) is 11.6. The van der Waals surface area contributed by atoms with Crippen molar-refractivity contribution in [1.82, 2.24) is 10.3 Å². The molecule has 0 spiro atoms. The van der Waals surface area contributed by atoms with E-state index in [4.69, 9.17) is 9.84 Å². The number of carboxylic acid groups (broad SMARTS) is 1. The van der Waals surface area contributed by atoms with Crippen molar-refractivity contribution in [2.75, 3.05) is 13.2 Å². The number of rotatable bonds is 9. The molecule has 0 amide bonds. The Morgan fingerprint density at radius 1 is 1.42 bits per heavy atom. The van der Waals surface area contributed by atoms with Crippen molar-refractivity contribution >= 4 is 5.97 Å². The second-order valence-corrected chi connectivity index (χ2v) is 4.65. The molecule has 5 heteroatoms. The van der Waals surface area contributed by atoms with Gasteiger partial charge in [0.1, 0.15) is 0 Å². The molecule has 106 valence electrons. The number of carbonyl (C=O) groups is 1. The molecule has 0 aliphatic rings. The molecule has 0 atom stereocenters. The van der Waals surface area contributed by atoms with E-state index in [9.17, 15) is 4.79 Å². The Morgan fingerprint density at radius 3 is 2.79 bits per heavy atom. The molecule has 19 heavy (non-hydrogen) atoms. The molecule has 0 aliphatic carbocycles. The fraction of sp³-hybridized carbons (Fsp3) is 0.571. The number of nitrogens with zero attached hydrogens (tertiary/aromatic N) is 1. The second-order valence-electron chi connectivity index (χ2n) is 4.65. The molecule has 0 aromatic carbocycles. The molecule has 0 unspecified atom stereocenters. The van der Waals surface area contributed by atoms with E-state index >= 15 is 0 Å². The fourth-order valence-corrected chi connectivity index (χ4v) is 1.54. The van der Waals surface area contributed by atoms with Crippen LogP contribution in [0.25, 0.3) is 0 Å². The van der Waals surface area contributed by atoms with Crippen LogP contribution in [0.4, 0.5) is 0 Å². The summed E-state index contributed by atoms with van der Waals surface area (Å²) in [5.74, 6) is -0.947. The Kier molecular flexibility index (Phi) is 7.07. The first kappa shape index (κ1) is 15.6. The Labute approximate surface area is 114 Å². The van der Waals surface area contributed by atoms with Gasteiger partial charge in [-0.15, -0.1) is 0 Å². The summed E-state index contributed by atoms with van der Waals surface area (Å²) >= 11 is 0. The third kappa shape index (κ3) is 6.88. The molecule has 2 N–H and O–H groups in total. The van der Waals surface area contributed by atoms with E-state index < -0.39 is 5.97 Å². The first-order valence-corrected chi connectivity index (χ1v) is 6.60. The lowest BCUT2D eigenvalue weighted by atomic mass is 10.2. The smallest absolute Gasteiger partial charge is 0.337 e. The number of carboxylic acids is 1. The van der Waals surface area contributed by atoms with Crippen LogP contribution in [0.2, 0.25) is 0 Å². The minimum Gasteiger partial charge on any atom is -0.478 e. The molecule has 0 radical (unpaired) electrons. The van der Waals surface area contributed by atoms with Crippen LogP contribution in [0.1, 0.15) is 42.7 Å². The van der Waals surface area contributed by atoms with Gasteiger partial charge >= 0.3 is 5.97 Å². The van der Waals surface area contributed by atoms with Crippen LogP contribution >= 0.6 is 0 Å². The average Bonchev–Trinajstić information content (AvgIpc) is 2.38. The van der Waals surface area contributed by atoms with Crippen LogP contribution in [-0.4, -0.2) is 35.3 Å². The lowest BCUT2D eigenvalue weighted by Gasteiger charge is -2.07. The van der Waals surface area contributed by atoms with Gasteiger partial charge in [-0.1, -0.05) is 0 Å². The van der Waals surface area contributed by atoms with E-state index in [0.29, 0.717) is 12.6 Å². The van der Waals surface area contributed by atoms with Crippen LogP contribution in [0.5, 0.6) is 0 Å². The predicted molar refractivity (Wildman–Crippen MR) is 73.2 cm³/mol. The third-order valence-corrected chi connectivity index (χ3v) is 2.58. The summed E-state index contributed by atoms with van der Waals surface area (Å²) in [6.45, 7) is 6.43. The largest absolute Gasteiger partial charge is 0.478 e. The summed E-state index contributed by atoms with van der Waals surface area (Å²) in [7, 11) is 0. The highest BCUT2D eigenvalue weighted by Crippen LogP contribution is 2.00. The molecule has 0 aliphatic heterocycles. The van der Waals surface area contributed by atoms with Crippen LogP contribution in [0, 0.1) is 0 Å². The van der Waals surface area contributed by atoms with Crippen molar-refractivity contribution in [3.8, 4) is 0 Å². The number of unbranched alkanes of at least 4 members (excludes halogenated alkanes) is 1. The number of hydrogen-bond acceptors (Lipinski definition) is 4. The van der Waals surface area contributed by atoms with Gasteiger partial charge < -0.3 is 15.2 Å². The van der Waals surface area contributed by atoms with Crippen molar-refractivity contribution < 1.29 is 14.6 Å². The zero-order chi connectivity index (χ0) is 14.1. The number of hydrogen-bond donors (Lipinski definition) is 2. The number of aromatic carboxylic acids is 1. The molecule has 0 saturated heterocycles. The first-order valence-electron chi connectivity index (χ1n) is 6.60. The van der Waals surface area contributed by atoms with Gasteiger partial charge in [0.25, 0.3) is 0 Å². The highest BCUT2D eigenvalue weighted by Gasteiger charge is 2.02. The Balaban J connectivity index is 2.11. The van der Waals surface area contributed by atoms with Gasteiger partial charge in [0, 0.05) is 19.3 Å². The minimum absolute atomic E-state index is 0.217. The molecule has 0 saturated carbocycles. The first-order chi connectivity index (χ1) is 9.09. The maximum atomic E-state index is 10.7. The number of pyridine rings is 1. The van der Waals surface area contributed by atoms with E-state index in [1.165, 1.54) is 6.20 Å². The van der Waals surface area contributed by atoms with Crippen molar-refractivity contribution in [1.29, 1.82) is 0 Å². The average molecular weight is 266 g/mol. The molecular formula is C14H22N2O3. The van der Waals surface area contributed by atoms with Gasteiger partial charge in [-0.25, -0.2) is 4.79 Å². The molecule has 5 nitrogen and oxygen atoms in total. The van der Waals surface area contributed by atoms with Crippen molar-refractivity contribution in [2.45, 2.75) is 39.3 Å². The molecule has 0 bridgehead atoms. The predicted octanol–water partition coefficient (Wildman–Crippen LogP) is 2.07. The van der Waals surface area contributed by atoms with Gasteiger partial charge in [-0.2, -0.15) is 0 Å². The van der Waals surface area contributed by atoms with Crippen LogP contribution in [0.3, 0.4) is 0 Å². The van der Waals surface area contributed by atoms with E-state index in [0.717, 1.165) is 31.7 Å². The standard InChI is InChI=1S/C14H22N2O3/c1-11(2)19-8-4-3-7-15-10-13-6-5-12(9-16-13)14(17)18/h5-6,9,11,15H,3-4,7-8,10H2,1-2H3,(H,17,18). The van der Waals surface area contributed by atoms with Gasteiger partial charge in [-0.05, 0) is 45.4 Å². The molecule has 0 fully saturated rings. The Morgan fingerprint density at radius 2 is 2.21 bits per heavy atom. The van der Waals surface area contributed by atoms with Gasteiger partial charge in [0.15, 0.2) is 0 Å². The summed E-state index contributed by atoms with van der Waals surface area (Å²) in [4.78, 5) is 14.7. The van der Waals surface area contributed by atoms with E-state index in [1.807, 2.05) is 13.8 Å². The molecule has 1 aromatic heterocycles. The van der Waals surface area contributed by atoms with E-state index in [1.54, 1.807) is 12.1 Å². The third-order valence-electron chi connectivity index (χ3n) is 2.58. The van der Waals surface area contributed by atoms with Crippen LogP contribution in [-0.2, 0) is 11.3 Å². The van der Waals surface area contributed by atoms with Crippen molar-refractivity contribution in [3.05, 3.63) is 29.6 Å². The van der Waals surface area contributed by atoms with E-state index in [-0.39, 0.29) is 5.56 Å². The SMILES string of the molecule is CC(C)OCCCCNCc1ccc(C(=O)O)cn1. The van der Waals surface area contributed by atoms with Crippen molar-refractivity contribution in [3.63, 3.8) is 0 Å². The monoisotopic (exact) mass is 266 g/mol. The highest BCUT2D eigenvalue weighted by atomic mass is 16.5. The van der Waals surface area contributed by atoms with Gasteiger partial charge in [0.05, 0.1) is 17.4 Å². The van der Waals surface area contributed by atoms with Crippen molar-refractivity contribution in [2.24, 2.45) is 0 Å². The lowest BCUT2D eigenvalue weighted by Crippen LogP contribution is -2.16. The number of nitrogens with one attached hydrogen (secondary N) is 1. The topological polar surface area (TPSA) is 71.5 Å². The second kappa shape index (κ2) is 8.61.